The second-order valence-electron chi connectivity index (χ2n) is 14.4. The molecule has 3 heterocycles. The van der Waals surface area contributed by atoms with Crippen molar-refractivity contribution < 1.29 is 29.1 Å². The van der Waals surface area contributed by atoms with Crippen LogP contribution >= 0.6 is 0 Å². The van der Waals surface area contributed by atoms with Gasteiger partial charge < -0.3 is 42.3 Å². The van der Waals surface area contributed by atoms with Gasteiger partial charge in [-0.1, -0.05) is 32.9 Å². The summed E-state index contributed by atoms with van der Waals surface area (Å²) in [6, 6.07) is 5.84. The van der Waals surface area contributed by atoms with Crippen LogP contribution < -0.4 is 27.4 Å². The van der Waals surface area contributed by atoms with E-state index in [1.807, 2.05) is 45.0 Å². The van der Waals surface area contributed by atoms with E-state index in [4.69, 9.17) is 11.5 Å². The van der Waals surface area contributed by atoms with Crippen LogP contribution in [-0.2, 0) is 42.4 Å². The first kappa shape index (κ1) is 39.1. The lowest BCUT2D eigenvalue weighted by Gasteiger charge is -2.29. The minimum atomic E-state index is -0.857. The third-order valence-corrected chi connectivity index (χ3v) is 10.00. The van der Waals surface area contributed by atoms with Crippen LogP contribution in [0.15, 0.2) is 41.0 Å². The van der Waals surface area contributed by atoms with Crippen LogP contribution in [-0.4, -0.2) is 100 Å². The van der Waals surface area contributed by atoms with Crippen molar-refractivity contribution in [3.8, 4) is 0 Å². The summed E-state index contributed by atoms with van der Waals surface area (Å²) in [5, 5.41) is 17.7. The van der Waals surface area contributed by atoms with E-state index < -0.39 is 29.3 Å². The molecular weight excluding hydrogens is 678 g/mol. The highest BCUT2D eigenvalue weighted by Gasteiger charge is 2.51. The van der Waals surface area contributed by atoms with Gasteiger partial charge in [0.25, 0.3) is 0 Å². The first-order valence-corrected chi connectivity index (χ1v) is 18.2. The van der Waals surface area contributed by atoms with Gasteiger partial charge in [-0.2, -0.15) is 0 Å². The summed E-state index contributed by atoms with van der Waals surface area (Å²) in [5.41, 5.74) is 16.1. The molecule has 1 aliphatic carbocycles. The van der Waals surface area contributed by atoms with Crippen molar-refractivity contribution in [1.82, 2.24) is 25.4 Å². The number of aliphatic hydroxyl groups is 1. The van der Waals surface area contributed by atoms with E-state index >= 15 is 0 Å². The number of aliphatic hydroxyl groups excluding tert-OH is 1. The van der Waals surface area contributed by atoms with Crippen LogP contribution in [0.2, 0.25) is 0 Å². The Bertz CT molecular complexity index is 1810. The predicted molar refractivity (Wildman–Crippen MR) is 201 cm³/mol. The number of benzene rings is 1. The molecule has 0 radical (unpaired) electrons. The number of nitrogens with two attached hydrogens (primary N) is 2. The number of carbonyl (C=O) groups is 5. The van der Waals surface area contributed by atoms with Gasteiger partial charge in [-0.15, -0.1) is 0 Å². The van der Waals surface area contributed by atoms with E-state index in [-0.39, 0.29) is 62.1 Å². The van der Waals surface area contributed by atoms with Crippen molar-refractivity contribution in [2.24, 2.45) is 22.4 Å². The third kappa shape index (κ3) is 9.08. The number of amides is 5. The molecule has 0 bridgehead atoms. The fourth-order valence-corrected chi connectivity index (χ4v) is 6.57. The van der Waals surface area contributed by atoms with Gasteiger partial charge in [-0.05, 0) is 61.4 Å². The van der Waals surface area contributed by atoms with Crippen LogP contribution in [0.5, 0.6) is 0 Å². The number of aliphatic imine (C=N–C) groups is 1. The smallest absolute Gasteiger partial charge is 0.250 e. The van der Waals surface area contributed by atoms with E-state index in [1.54, 1.807) is 22.1 Å². The van der Waals surface area contributed by atoms with Crippen LogP contribution in [0.25, 0.3) is 6.08 Å². The standard InChI is InChI=1S/C38H51N9O6/c1-5-11-46(13-14-48)36(52)25-15-24-6-7-27(18-30(24)45-31(39)17-25)38(9-10-38)37(53)44-28-16-26-21-47(12-8-29(26)41-19-28)32(49)20-42-34(50)23(4)43-35(51)33(40)22(2)3/h6-7,15-16,18-19,22-23,33,48H,5,8-14,17,20-21,40H2,1-4H3,(H2,39,45)(H,42,50)(H,43,51)(H,44,53)/t23-,33-/m0/s1. The summed E-state index contributed by atoms with van der Waals surface area (Å²) < 4.78 is 0. The van der Waals surface area contributed by atoms with Gasteiger partial charge in [0.1, 0.15) is 11.9 Å². The fourth-order valence-electron chi connectivity index (χ4n) is 6.57. The predicted octanol–water partition coefficient (Wildman–Crippen LogP) is 1.25. The van der Waals surface area contributed by atoms with Gasteiger partial charge in [-0.25, -0.2) is 4.99 Å². The number of rotatable bonds is 14. The summed E-state index contributed by atoms with van der Waals surface area (Å²) >= 11 is 0. The number of aromatic nitrogens is 1. The number of nitrogens with one attached hydrogen (secondary N) is 3. The van der Waals surface area contributed by atoms with Gasteiger partial charge in [0.05, 0.1) is 42.2 Å². The van der Waals surface area contributed by atoms with Crippen LogP contribution in [0.4, 0.5) is 11.4 Å². The summed E-state index contributed by atoms with van der Waals surface area (Å²) in [6.07, 6.45) is 6.14. The highest BCUT2D eigenvalue weighted by atomic mass is 16.3. The van der Waals surface area contributed by atoms with Crippen LogP contribution in [0.3, 0.4) is 0 Å². The molecule has 284 valence electrons. The first-order chi connectivity index (χ1) is 25.3. The number of hydrogen-bond donors (Lipinski definition) is 6. The maximum Gasteiger partial charge on any atom is 0.250 e. The number of hydrogen-bond acceptors (Lipinski definition) is 10. The molecule has 0 unspecified atom stereocenters. The van der Waals surface area contributed by atoms with Crippen molar-refractivity contribution >= 4 is 52.8 Å². The van der Waals surface area contributed by atoms with Crippen molar-refractivity contribution in [2.75, 3.05) is 38.1 Å². The Kier molecular flexibility index (Phi) is 12.3. The normalized spacial score (nSPS) is 16.8. The molecule has 15 heteroatoms. The quantitative estimate of drug-likeness (QED) is 0.164. The number of fused-ring (bicyclic) bond motifs is 2. The van der Waals surface area contributed by atoms with E-state index in [2.05, 4.69) is 25.9 Å². The van der Waals surface area contributed by atoms with Crippen molar-refractivity contribution in [2.45, 2.75) is 83.8 Å². The largest absolute Gasteiger partial charge is 0.395 e. The van der Waals surface area contributed by atoms with E-state index in [9.17, 15) is 29.1 Å². The lowest BCUT2D eigenvalue weighted by molar-refractivity contribution is -0.134. The molecule has 15 nitrogen and oxygen atoms in total. The molecule has 5 amide bonds. The van der Waals surface area contributed by atoms with Gasteiger partial charge in [-0.3, -0.25) is 29.0 Å². The van der Waals surface area contributed by atoms with Crippen molar-refractivity contribution in [1.29, 1.82) is 0 Å². The van der Waals surface area contributed by atoms with E-state index in [1.165, 1.54) is 6.92 Å². The Balaban J connectivity index is 1.22. The second kappa shape index (κ2) is 16.7. The third-order valence-electron chi connectivity index (χ3n) is 10.00. The zero-order valence-electron chi connectivity index (χ0n) is 30.9. The van der Waals surface area contributed by atoms with Crippen molar-refractivity contribution in [3.05, 3.63) is 58.4 Å². The number of carbonyl (C=O) groups excluding carboxylic acids is 5. The summed E-state index contributed by atoms with van der Waals surface area (Å²) in [7, 11) is 0. The zero-order valence-corrected chi connectivity index (χ0v) is 30.9. The molecular formula is C38H51N9O6. The summed E-state index contributed by atoms with van der Waals surface area (Å²) in [6.45, 7) is 8.21. The average molecular weight is 730 g/mol. The van der Waals surface area contributed by atoms with Crippen molar-refractivity contribution in [3.63, 3.8) is 0 Å². The molecule has 53 heavy (non-hydrogen) atoms. The molecule has 2 atom stereocenters. The Labute approximate surface area is 309 Å². The maximum atomic E-state index is 13.8. The van der Waals surface area contributed by atoms with Crippen LogP contribution in [0.1, 0.15) is 75.8 Å². The summed E-state index contributed by atoms with van der Waals surface area (Å²) in [5.74, 6) is -1.38. The first-order valence-electron chi connectivity index (χ1n) is 18.2. The maximum absolute atomic E-state index is 13.8. The molecule has 1 aromatic carbocycles. The highest BCUT2D eigenvalue weighted by Crippen LogP contribution is 2.50. The number of anilines is 1. The Morgan fingerprint density at radius 2 is 1.83 bits per heavy atom. The molecule has 5 rings (SSSR count). The zero-order chi connectivity index (χ0) is 38.4. The minimum Gasteiger partial charge on any atom is -0.395 e. The number of amidine groups is 1. The molecule has 0 spiro atoms. The number of nitrogens with zero attached hydrogens (tertiary/aromatic N) is 4. The molecule has 1 saturated carbocycles. The van der Waals surface area contributed by atoms with Gasteiger partial charge in [0.15, 0.2) is 0 Å². The van der Waals surface area contributed by atoms with Gasteiger partial charge >= 0.3 is 0 Å². The highest BCUT2D eigenvalue weighted by molar-refractivity contribution is 6.06. The Morgan fingerprint density at radius 1 is 1.08 bits per heavy atom. The topological polar surface area (TPSA) is 225 Å². The molecule has 1 aromatic heterocycles. The Morgan fingerprint density at radius 3 is 2.51 bits per heavy atom. The SMILES string of the molecule is CCCN(CCO)C(=O)C1=Cc2ccc(C3(C(=O)Nc4cnc5c(c4)CN(C(=O)CNC(=O)[C@H](C)NC(=O)[C@@H](N)C(C)C)CC5)CC3)cc2N=C(N)C1. The average Bonchev–Trinajstić information content (AvgIpc) is 3.97. The fraction of sp³-hybridized carbons (Fsp3) is 0.500. The molecule has 8 N–H and O–H groups in total. The molecule has 2 aromatic rings. The molecule has 0 saturated heterocycles. The summed E-state index contributed by atoms with van der Waals surface area (Å²) in [4.78, 5) is 77.4. The van der Waals surface area contributed by atoms with Gasteiger partial charge in [0.2, 0.25) is 29.5 Å². The minimum absolute atomic E-state index is 0.0881. The van der Waals surface area contributed by atoms with Gasteiger partial charge in [0, 0.05) is 55.9 Å². The van der Waals surface area contributed by atoms with E-state index in [0.29, 0.717) is 49.3 Å². The number of pyridine rings is 1. The Hall–Kier alpha value is -5.15. The lowest BCUT2D eigenvalue weighted by atomic mass is 9.92. The van der Waals surface area contributed by atoms with E-state index in [0.717, 1.165) is 28.8 Å². The second-order valence-corrected chi connectivity index (χ2v) is 14.4. The molecule has 3 aliphatic rings. The molecule has 1 fully saturated rings. The van der Waals surface area contributed by atoms with Crippen LogP contribution in [0, 0.1) is 5.92 Å². The monoisotopic (exact) mass is 729 g/mol. The molecule has 2 aliphatic heterocycles. The lowest BCUT2D eigenvalue weighted by Crippen LogP contribution is -2.53.